The van der Waals surface area contributed by atoms with Crippen LogP contribution in [-0.4, -0.2) is 20.1 Å². The second kappa shape index (κ2) is 6.20. The zero-order valence-electron chi connectivity index (χ0n) is 12.7. The fourth-order valence-corrected chi connectivity index (χ4v) is 2.37. The molecule has 0 radical (unpaired) electrons. The highest BCUT2D eigenvalue weighted by Crippen LogP contribution is 2.27. The van der Waals surface area contributed by atoms with E-state index in [1.165, 1.54) is 24.3 Å². The van der Waals surface area contributed by atoms with Crippen LogP contribution in [0.3, 0.4) is 0 Å². The van der Waals surface area contributed by atoms with E-state index < -0.39 is 11.6 Å². The molecule has 0 saturated carbocycles. The molecule has 1 aromatic carbocycles. The van der Waals surface area contributed by atoms with E-state index >= 15 is 0 Å². The van der Waals surface area contributed by atoms with Crippen LogP contribution in [0.25, 0.3) is 34.1 Å². The van der Waals surface area contributed by atoms with E-state index in [1.54, 1.807) is 24.5 Å². The number of pyridine rings is 2. The topological polar surface area (TPSA) is 64.7 Å². The Hall–Kier alpha value is -3.48. The monoisotopic (exact) mass is 336 g/mol. The van der Waals surface area contributed by atoms with Gasteiger partial charge in [0.25, 0.3) is 5.89 Å². The highest BCUT2D eigenvalue weighted by molar-refractivity contribution is 5.69. The van der Waals surface area contributed by atoms with Crippen molar-refractivity contribution < 1.29 is 13.3 Å². The van der Waals surface area contributed by atoms with Crippen LogP contribution in [0.15, 0.2) is 65.6 Å². The zero-order valence-corrected chi connectivity index (χ0v) is 12.7. The van der Waals surface area contributed by atoms with Crippen LogP contribution in [0.5, 0.6) is 0 Å². The fraction of sp³-hybridized carbons (Fsp3) is 0. The molecule has 0 atom stereocenters. The number of hydrogen-bond donors (Lipinski definition) is 0. The molecule has 0 aliphatic carbocycles. The third-order valence-corrected chi connectivity index (χ3v) is 3.52. The third kappa shape index (κ3) is 3.12. The molecule has 0 aliphatic heterocycles. The average Bonchev–Trinajstić information content (AvgIpc) is 3.13. The summed E-state index contributed by atoms with van der Waals surface area (Å²) in [6.45, 7) is 0. The van der Waals surface area contributed by atoms with Crippen LogP contribution < -0.4 is 0 Å². The molecule has 5 nitrogen and oxygen atoms in total. The van der Waals surface area contributed by atoms with Crippen LogP contribution in [0.4, 0.5) is 8.78 Å². The minimum atomic E-state index is -0.460. The van der Waals surface area contributed by atoms with Crippen molar-refractivity contribution in [1.82, 2.24) is 20.1 Å². The fourth-order valence-electron chi connectivity index (χ4n) is 2.37. The molecule has 0 N–H and O–H groups in total. The Kier molecular flexibility index (Phi) is 3.74. The second-order valence-corrected chi connectivity index (χ2v) is 5.26. The van der Waals surface area contributed by atoms with Gasteiger partial charge in [-0.25, -0.2) is 13.8 Å². The summed E-state index contributed by atoms with van der Waals surface area (Å²) in [7, 11) is 0. The van der Waals surface area contributed by atoms with Gasteiger partial charge in [0, 0.05) is 23.5 Å². The number of benzene rings is 1. The SMILES string of the molecule is Fc1ccc(-c2noc(-c3cc(F)cc(-c4cccnc4)c3)n2)nc1. The summed E-state index contributed by atoms with van der Waals surface area (Å²) < 4.78 is 32.2. The summed E-state index contributed by atoms with van der Waals surface area (Å²) in [5.74, 6) is -0.553. The predicted octanol–water partition coefficient (Wildman–Crippen LogP) is 4.14. The van der Waals surface area contributed by atoms with E-state index in [1.807, 2.05) is 6.07 Å². The van der Waals surface area contributed by atoms with Gasteiger partial charge in [0.15, 0.2) is 0 Å². The minimum Gasteiger partial charge on any atom is -0.334 e. The molecule has 3 aromatic heterocycles. The Labute approximate surface area is 141 Å². The molecule has 4 rings (SSSR count). The zero-order chi connectivity index (χ0) is 17.2. The minimum absolute atomic E-state index is 0.144. The van der Waals surface area contributed by atoms with Gasteiger partial charge in [-0.1, -0.05) is 11.2 Å². The maximum Gasteiger partial charge on any atom is 0.258 e. The van der Waals surface area contributed by atoms with Crippen molar-refractivity contribution in [3.8, 4) is 34.1 Å². The number of rotatable bonds is 3. The van der Waals surface area contributed by atoms with Crippen molar-refractivity contribution in [3.63, 3.8) is 0 Å². The highest BCUT2D eigenvalue weighted by atomic mass is 19.1. The van der Waals surface area contributed by atoms with E-state index in [9.17, 15) is 8.78 Å². The van der Waals surface area contributed by atoms with Gasteiger partial charge in [-0.2, -0.15) is 4.98 Å². The van der Waals surface area contributed by atoms with Crippen molar-refractivity contribution in [1.29, 1.82) is 0 Å². The molecule has 3 heterocycles. The quantitative estimate of drug-likeness (QED) is 0.562. The van der Waals surface area contributed by atoms with Crippen molar-refractivity contribution in [2.75, 3.05) is 0 Å². The Morgan fingerprint density at radius 1 is 0.840 bits per heavy atom. The third-order valence-electron chi connectivity index (χ3n) is 3.52. The van der Waals surface area contributed by atoms with E-state index in [0.29, 0.717) is 16.8 Å². The standard InChI is InChI=1S/C18H10F2N4O/c19-14-3-4-16(22-10-14)17-23-18(25-24-17)13-6-12(7-15(20)8-13)11-2-1-5-21-9-11/h1-10H. The van der Waals surface area contributed by atoms with Gasteiger partial charge in [0.05, 0.1) is 6.20 Å². The maximum atomic E-state index is 14.0. The van der Waals surface area contributed by atoms with E-state index in [0.717, 1.165) is 11.8 Å². The summed E-state index contributed by atoms with van der Waals surface area (Å²) in [6.07, 6.45) is 4.35. The Balaban J connectivity index is 1.73. The average molecular weight is 336 g/mol. The maximum absolute atomic E-state index is 14.0. The molecule has 25 heavy (non-hydrogen) atoms. The van der Waals surface area contributed by atoms with Crippen molar-refractivity contribution in [2.24, 2.45) is 0 Å². The van der Waals surface area contributed by atoms with E-state index in [4.69, 9.17) is 4.52 Å². The number of halogens is 2. The molecule has 0 amide bonds. The molecule has 122 valence electrons. The lowest BCUT2D eigenvalue weighted by molar-refractivity contribution is 0.432. The van der Waals surface area contributed by atoms with Crippen LogP contribution in [0, 0.1) is 11.6 Å². The molecule has 0 fully saturated rings. The first-order valence-electron chi connectivity index (χ1n) is 7.36. The highest BCUT2D eigenvalue weighted by Gasteiger charge is 2.14. The van der Waals surface area contributed by atoms with Crippen LogP contribution in [0.2, 0.25) is 0 Å². The predicted molar refractivity (Wildman–Crippen MR) is 86.1 cm³/mol. The van der Waals surface area contributed by atoms with E-state index in [-0.39, 0.29) is 11.7 Å². The van der Waals surface area contributed by atoms with Crippen LogP contribution in [-0.2, 0) is 0 Å². The van der Waals surface area contributed by atoms with Gasteiger partial charge < -0.3 is 4.52 Å². The molecule has 0 aliphatic rings. The molecule has 4 aromatic rings. The van der Waals surface area contributed by atoms with E-state index in [2.05, 4.69) is 20.1 Å². The van der Waals surface area contributed by atoms with Crippen molar-refractivity contribution >= 4 is 0 Å². The van der Waals surface area contributed by atoms with Crippen LogP contribution >= 0.6 is 0 Å². The van der Waals surface area contributed by atoms with Crippen molar-refractivity contribution in [2.45, 2.75) is 0 Å². The lowest BCUT2D eigenvalue weighted by atomic mass is 10.0. The molecular weight excluding hydrogens is 326 g/mol. The Morgan fingerprint density at radius 2 is 1.72 bits per heavy atom. The van der Waals surface area contributed by atoms with Gasteiger partial charge in [-0.3, -0.25) is 4.98 Å². The largest absolute Gasteiger partial charge is 0.334 e. The Bertz CT molecular complexity index is 1020. The number of hydrogen-bond acceptors (Lipinski definition) is 5. The van der Waals surface area contributed by atoms with Gasteiger partial charge in [-0.05, 0) is 42.0 Å². The van der Waals surface area contributed by atoms with Crippen LogP contribution in [0.1, 0.15) is 0 Å². The summed E-state index contributed by atoms with van der Waals surface area (Å²) in [5, 5.41) is 3.82. The Morgan fingerprint density at radius 3 is 2.48 bits per heavy atom. The number of nitrogens with zero attached hydrogens (tertiary/aromatic N) is 4. The number of aromatic nitrogens is 4. The smallest absolute Gasteiger partial charge is 0.258 e. The normalized spacial score (nSPS) is 10.8. The lowest BCUT2D eigenvalue weighted by Crippen LogP contribution is -1.88. The summed E-state index contributed by atoms with van der Waals surface area (Å²) >= 11 is 0. The second-order valence-electron chi connectivity index (χ2n) is 5.26. The summed E-state index contributed by atoms with van der Waals surface area (Å²) in [4.78, 5) is 12.1. The molecule has 0 saturated heterocycles. The lowest BCUT2D eigenvalue weighted by Gasteiger charge is -2.03. The van der Waals surface area contributed by atoms with Gasteiger partial charge >= 0.3 is 0 Å². The molecule has 0 unspecified atom stereocenters. The van der Waals surface area contributed by atoms with Gasteiger partial charge in [0.1, 0.15) is 17.3 Å². The molecule has 7 heteroatoms. The van der Waals surface area contributed by atoms with Crippen molar-refractivity contribution in [3.05, 3.63) is 72.7 Å². The van der Waals surface area contributed by atoms with Gasteiger partial charge in [-0.15, -0.1) is 0 Å². The summed E-state index contributed by atoms with van der Waals surface area (Å²) in [5.41, 5.74) is 2.20. The first kappa shape index (κ1) is 15.1. The first-order valence-corrected chi connectivity index (χ1v) is 7.36. The first-order chi connectivity index (χ1) is 12.2. The molecular formula is C18H10F2N4O. The summed E-state index contributed by atoms with van der Waals surface area (Å²) in [6, 6.07) is 10.7. The molecule has 0 spiro atoms. The molecule has 0 bridgehead atoms. The van der Waals surface area contributed by atoms with Gasteiger partial charge in [0.2, 0.25) is 5.82 Å².